The molecule has 0 aromatic heterocycles. The molecule has 0 aliphatic heterocycles. The summed E-state index contributed by atoms with van der Waals surface area (Å²) in [4.78, 5) is 22.8. The Morgan fingerprint density at radius 3 is 2.15 bits per heavy atom. The Balaban J connectivity index is 0.000000708. The minimum atomic E-state index is -5.08. The van der Waals surface area contributed by atoms with Gasteiger partial charge in [-0.15, -0.1) is 0 Å². The summed E-state index contributed by atoms with van der Waals surface area (Å²) < 4.78 is 60.4. The molecule has 3 rings (SSSR count). The molecule has 0 saturated heterocycles. The molecular formula is C26H27F3N4O6S. The van der Waals surface area contributed by atoms with Crippen LogP contribution in [-0.4, -0.2) is 57.7 Å². The Morgan fingerprint density at radius 2 is 1.62 bits per heavy atom. The highest BCUT2D eigenvalue weighted by Crippen LogP contribution is 2.27. The van der Waals surface area contributed by atoms with Crippen LogP contribution in [0.3, 0.4) is 0 Å². The second-order valence-electron chi connectivity index (χ2n) is 8.25. The van der Waals surface area contributed by atoms with Crippen LogP contribution < -0.4 is 15.8 Å². The van der Waals surface area contributed by atoms with Crippen molar-refractivity contribution in [2.24, 2.45) is 10.9 Å². The predicted octanol–water partition coefficient (Wildman–Crippen LogP) is 3.14. The van der Waals surface area contributed by atoms with Gasteiger partial charge in [-0.25, -0.2) is 18.4 Å². The molecule has 0 spiro atoms. The molecule has 214 valence electrons. The van der Waals surface area contributed by atoms with E-state index in [1.807, 2.05) is 35.2 Å². The van der Waals surface area contributed by atoms with Crippen LogP contribution in [0.2, 0.25) is 0 Å². The maximum absolute atomic E-state index is 11.9. The van der Waals surface area contributed by atoms with Crippen LogP contribution in [0.5, 0.6) is 0 Å². The van der Waals surface area contributed by atoms with Gasteiger partial charge < -0.3 is 20.5 Å². The highest BCUT2D eigenvalue weighted by atomic mass is 32.2. The third-order valence-electron chi connectivity index (χ3n) is 5.44. The Kier molecular flexibility index (Phi) is 10.8. The van der Waals surface area contributed by atoms with Crippen molar-refractivity contribution in [2.75, 3.05) is 25.1 Å². The van der Waals surface area contributed by atoms with E-state index in [0.717, 1.165) is 16.8 Å². The Morgan fingerprint density at radius 1 is 1.02 bits per heavy atom. The van der Waals surface area contributed by atoms with Crippen molar-refractivity contribution >= 4 is 33.5 Å². The van der Waals surface area contributed by atoms with E-state index in [1.165, 1.54) is 13.2 Å². The molecule has 0 saturated carbocycles. The number of carbonyl (C=O) groups is 2. The molecule has 0 atom stereocenters. The van der Waals surface area contributed by atoms with Gasteiger partial charge in [0.1, 0.15) is 12.4 Å². The first-order chi connectivity index (χ1) is 18.6. The number of sulfonamides is 1. The molecular weight excluding hydrogens is 553 g/mol. The monoisotopic (exact) mass is 580 g/mol. The minimum Gasteiger partial charge on any atom is -0.475 e. The standard InChI is InChI=1S/C24H26N4O4S.C2HF3O2/c1-32-23(29)16-28(20-6-4-5-19(15-20)24(25)26)14-13-17-9-11-18(12-10-17)21-7-2-3-8-22(21)33(27,30)31;3-2(4,5)1(6)7/h2-12,15H,13-14,16H2,1H3,(H3,25,26)(H2,27,30,31);(H,6,7). The molecule has 0 amide bonds. The maximum Gasteiger partial charge on any atom is 0.490 e. The number of nitrogens with one attached hydrogen (secondary N) is 1. The molecule has 40 heavy (non-hydrogen) atoms. The largest absolute Gasteiger partial charge is 0.490 e. The summed E-state index contributed by atoms with van der Waals surface area (Å²) in [5.41, 5.74) is 9.21. The third-order valence-corrected chi connectivity index (χ3v) is 6.41. The first-order valence-electron chi connectivity index (χ1n) is 11.4. The summed E-state index contributed by atoms with van der Waals surface area (Å²) in [6, 6.07) is 21.3. The van der Waals surface area contributed by atoms with Gasteiger partial charge in [0, 0.05) is 23.4 Å². The van der Waals surface area contributed by atoms with Gasteiger partial charge in [-0.05, 0) is 35.7 Å². The van der Waals surface area contributed by atoms with Gasteiger partial charge >= 0.3 is 18.1 Å². The number of methoxy groups -OCH3 is 1. The quantitative estimate of drug-likeness (QED) is 0.169. The van der Waals surface area contributed by atoms with Crippen molar-refractivity contribution in [3.63, 3.8) is 0 Å². The molecule has 0 aliphatic rings. The Hall–Kier alpha value is -4.43. The lowest BCUT2D eigenvalue weighted by Crippen LogP contribution is -2.32. The third kappa shape index (κ3) is 9.39. The molecule has 0 aliphatic carbocycles. The lowest BCUT2D eigenvalue weighted by atomic mass is 10.0. The van der Waals surface area contributed by atoms with Crippen LogP contribution in [0.25, 0.3) is 11.1 Å². The van der Waals surface area contributed by atoms with Gasteiger partial charge in [-0.2, -0.15) is 13.2 Å². The van der Waals surface area contributed by atoms with E-state index in [2.05, 4.69) is 0 Å². The lowest BCUT2D eigenvalue weighted by molar-refractivity contribution is -0.192. The van der Waals surface area contributed by atoms with Crippen LogP contribution in [0.15, 0.2) is 77.7 Å². The molecule has 6 N–H and O–H groups in total. The highest BCUT2D eigenvalue weighted by Gasteiger charge is 2.38. The average molecular weight is 581 g/mol. The number of primary sulfonamides is 1. The number of esters is 1. The average Bonchev–Trinajstić information content (AvgIpc) is 2.90. The topological polar surface area (TPSA) is 177 Å². The fourth-order valence-corrected chi connectivity index (χ4v) is 4.22. The molecule has 10 nitrogen and oxygen atoms in total. The number of carboxylic acid groups (broad SMARTS) is 1. The SMILES string of the molecule is COC(=O)CN(CCc1ccc(-c2ccccc2S(N)(=O)=O)cc1)c1cccc(C(=N)N)c1.O=C(O)C(F)(F)F. The van der Waals surface area contributed by atoms with Crippen molar-refractivity contribution in [3.8, 4) is 11.1 Å². The maximum atomic E-state index is 11.9. The molecule has 0 fully saturated rings. The van der Waals surface area contributed by atoms with Gasteiger partial charge in [0.2, 0.25) is 10.0 Å². The number of hydrogen-bond donors (Lipinski definition) is 4. The van der Waals surface area contributed by atoms with Crippen molar-refractivity contribution in [3.05, 3.63) is 83.9 Å². The molecule has 14 heteroatoms. The number of nitrogen functional groups attached to an aromatic ring is 1. The van der Waals surface area contributed by atoms with Gasteiger partial charge in [0.25, 0.3) is 0 Å². The molecule has 0 radical (unpaired) electrons. The number of rotatable bonds is 9. The zero-order valence-electron chi connectivity index (χ0n) is 21.2. The first-order valence-corrected chi connectivity index (χ1v) is 13.0. The van der Waals surface area contributed by atoms with Crippen LogP contribution in [0, 0.1) is 5.41 Å². The Bertz CT molecular complexity index is 1460. The zero-order chi connectivity index (χ0) is 30.1. The molecule has 0 heterocycles. The highest BCUT2D eigenvalue weighted by molar-refractivity contribution is 7.89. The van der Waals surface area contributed by atoms with E-state index in [9.17, 15) is 26.4 Å². The summed E-state index contributed by atoms with van der Waals surface area (Å²) in [6.45, 7) is 0.571. The summed E-state index contributed by atoms with van der Waals surface area (Å²) >= 11 is 0. The van der Waals surface area contributed by atoms with Crippen molar-refractivity contribution in [2.45, 2.75) is 17.5 Å². The Labute approximate surface area is 228 Å². The number of halogens is 3. The number of alkyl halides is 3. The van der Waals surface area contributed by atoms with Crippen LogP contribution >= 0.6 is 0 Å². The number of hydrogen-bond acceptors (Lipinski definition) is 7. The lowest BCUT2D eigenvalue weighted by Gasteiger charge is -2.24. The second-order valence-corrected chi connectivity index (χ2v) is 9.78. The number of amidine groups is 1. The number of anilines is 1. The van der Waals surface area contributed by atoms with Gasteiger partial charge in [0.15, 0.2) is 0 Å². The van der Waals surface area contributed by atoms with Gasteiger partial charge in [-0.1, -0.05) is 54.6 Å². The number of carbonyl (C=O) groups excluding carboxylic acids is 1. The molecule has 0 unspecified atom stereocenters. The first kappa shape index (κ1) is 31.8. The summed E-state index contributed by atoms with van der Waals surface area (Å²) in [6.07, 6.45) is -4.46. The molecule has 3 aromatic rings. The van der Waals surface area contributed by atoms with Crippen molar-refractivity contribution in [1.82, 2.24) is 0 Å². The number of benzene rings is 3. The van der Waals surface area contributed by atoms with E-state index < -0.39 is 22.2 Å². The minimum absolute atomic E-state index is 0.0507. The zero-order valence-corrected chi connectivity index (χ0v) is 22.0. The van der Waals surface area contributed by atoms with Crippen LogP contribution in [0.4, 0.5) is 18.9 Å². The fraction of sp³-hybridized carbons (Fsp3) is 0.192. The number of nitrogens with two attached hydrogens (primary N) is 2. The van der Waals surface area contributed by atoms with E-state index in [0.29, 0.717) is 24.1 Å². The predicted molar refractivity (Wildman–Crippen MR) is 142 cm³/mol. The molecule has 3 aromatic carbocycles. The second kappa shape index (κ2) is 13.6. The van der Waals surface area contributed by atoms with Crippen LogP contribution in [0.1, 0.15) is 11.1 Å². The summed E-state index contributed by atoms with van der Waals surface area (Å²) in [5.74, 6) is -3.18. The number of carboxylic acids is 1. The van der Waals surface area contributed by atoms with E-state index in [1.54, 1.807) is 36.4 Å². The van der Waals surface area contributed by atoms with E-state index in [-0.39, 0.29) is 23.2 Å². The van der Waals surface area contributed by atoms with Gasteiger partial charge in [-0.3, -0.25) is 10.2 Å². The summed E-state index contributed by atoms with van der Waals surface area (Å²) in [5, 5.41) is 20.1. The van der Waals surface area contributed by atoms with Crippen molar-refractivity contribution < 1.29 is 41.0 Å². The number of nitrogens with zero attached hydrogens (tertiary/aromatic N) is 1. The number of ether oxygens (including phenoxy) is 1. The van der Waals surface area contributed by atoms with Crippen molar-refractivity contribution in [1.29, 1.82) is 5.41 Å². The molecule has 0 bridgehead atoms. The van der Waals surface area contributed by atoms with E-state index >= 15 is 0 Å². The smallest absolute Gasteiger partial charge is 0.475 e. The normalized spacial score (nSPS) is 11.1. The summed E-state index contributed by atoms with van der Waals surface area (Å²) in [7, 11) is -2.50. The van der Waals surface area contributed by atoms with E-state index in [4.69, 9.17) is 30.9 Å². The van der Waals surface area contributed by atoms with Crippen LogP contribution in [-0.2, 0) is 30.8 Å². The fourth-order valence-electron chi connectivity index (χ4n) is 3.46. The number of aliphatic carboxylic acids is 1. The van der Waals surface area contributed by atoms with Gasteiger partial charge in [0.05, 0.1) is 12.0 Å².